The van der Waals surface area contributed by atoms with Gasteiger partial charge in [0.1, 0.15) is 23.1 Å². The summed E-state index contributed by atoms with van der Waals surface area (Å²) < 4.78 is 32.6. The summed E-state index contributed by atoms with van der Waals surface area (Å²) >= 11 is 0. The molecule has 3 rings (SSSR count). The van der Waals surface area contributed by atoms with Crippen LogP contribution in [0.3, 0.4) is 0 Å². The van der Waals surface area contributed by atoms with Gasteiger partial charge >= 0.3 is 0 Å². The Kier molecular flexibility index (Phi) is 5.28. The first-order valence-corrected chi connectivity index (χ1v) is 8.20. The van der Waals surface area contributed by atoms with Crippen LogP contribution in [0.2, 0.25) is 0 Å². The molecular weight excluding hydrogens is 326 g/mol. The lowest BCUT2D eigenvalue weighted by Crippen LogP contribution is -2.33. The second kappa shape index (κ2) is 7.61. The number of methoxy groups -OCH3 is 1. The molecule has 0 radical (unpaired) electrons. The Labute approximate surface area is 145 Å². The lowest BCUT2D eigenvalue weighted by molar-refractivity contribution is -0.117. The normalized spacial score (nSPS) is 17.5. The van der Waals surface area contributed by atoms with Gasteiger partial charge in [0.25, 0.3) is 0 Å². The number of carbonyl (C=O) groups is 1. The van der Waals surface area contributed by atoms with Crippen molar-refractivity contribution in [1.82, 2.24) is 4.90 Å². The number of nitrogens with one attached hydrogen (secondary N) is 1. The predicted octanol–water partition coefficient (Wildman–Crippen LogP) is 3.75. The highest BCUT2D eigenvalue weighted by atomic mass is 19.1. The average molecular weight is 346 g/mol. The quantitative estimate of drug-likeness (QED) is 0.896. The highest BCUT2D eigenvalue weighted by molar-refractivity contribution is 5.92. The van der Waals surface area contributed by atoms with Crippen molar-refractivity contribution in [2.45, 2.75) is 18.9 Å². The zero-order valence-electron chi connectivity index (χ0n) is 14.0. The molecule has 132 valence electrons. The SMILES string of the molecule is COc1cccc(C2CCCN2CC(=O)Nc2c(F)cccc2F)c1. The second-order valence-electron chi connectivity index (χ2n) is 6.05. The predicted molar refractivity (Wildman–Crippen MR) is 91.5 cm³/mol. The molecule has 1 aliphatic rings. The zero-order valence-corrected chi connectivity index (χ0v) is 14.0. The van der Waals surface area contributed by atoms with Crippen LogP contribution < -0.4 is 10.1 Å². The van der Waals surface area contributed by atoms with Gasteiger partial charge in [-0.2, -0.15) is 0 Å². The standard InChI is InChI=1S/C19H20F2N2O2/c1-25-14-6-2-5-13(11-14)17-9-4-10-23(17)12-18(24)22-19-15(20)7-3-8-16(19)21/h2-3,5-8,11,17H,4,9-10,12H2,1H3,(H,22,24). The molecule has 0 aromatic heterocycles. The first kappa shape index (κ1) is 17.4. The molecule has 1 saturated heterocycles. The molecular formula is C19H20F2N2O2. The summed E-state index contributed by atoms with van der Waals surface area (Å²) in [5.74, 6) is -1.22. The topological polar surface area (TPSA) is 41.6 Å². The Morgan fingerprint density at radius 2 is 1.96 bits per heavy atom. The molecule has 0 aliphatic carbocycles. The number of anilines is 1. The summed E-state index contributed by atoms with van der Waals surface area (Å²) in [4.78, 5) is 14.3. The van der Waals surface area contributed by atoms with Crippen molar-refractivity contribution in [2.75, 3.05) is 25.5 Å². The maximum atomic E-state index is 13.7. The molecule has 2 aromatic rings. The maximum absolute atomic E-state index is 13.7. The van der Waals surface area contributed by atoms with Gasteiger partial charge in [-0.05, 0) is 49.2 Å². The molecule has 1 unspecified atom stereocenters. The number of benzene rings is 2. The molecule has 1 fully saturated rings. The van der Waals surface area contributed by atoms with Gasteiger partial charge in [0.2, 0.25) is 5.91 Å². The molecule has 1 heterocycles. The molecule has 1 aliphatic heterocycles. The molecule has 1 N–H and O–H groups in total. The first-order valence-electron chi connectivity index (χ1n) is 8.20. The average Bonchev–Trinajstić information content (AvgIpc) is 3.06. The minimum Gasteiger partial charge on any atom is -0.497 e. The number of amides is 1. The van der Waals surface area contributed by atoms with Crippen molar-refractivity contribution in [2.24, 2.45) is 0 Å². The summed E-state index contributed by atoms with van der Waals surface area (Å²) in [6.45, 7) is 0.838. The van der Waals surface area contributed by atoms with E-state index >= 15 is 0 Å². The molecule has 6 heteroatoms. The van der Waals surface area contributed by atoms with Crippen LogP contribution in [0.15, 0.2) is 42.5 Å². The van der Waals surface area contributed by atoms with Crippen molar-refractivity contribution in [3.05, 3.63) is 59.7 Å². The Bertz CT molecular complexity index is 747. The molecule has 25 heavy (non-hydrogen) atoms. The highest BCUT2D eigenvalue weighted by Gasteiger charge is 2.28. The van der Waals surface area contributed by atoms with E-state index in [1.165, 1.54) is 6.07 Å². The third kappa shape index (κ3) is 3.96. The second-order valence-corrected chi connectivity index (χ2v) is 6.05. The Hall–Kier alpha value is -2.47. The number of hydrogen-bond donors (Lipinski definition) is 1. The van der Waals surface area contributed by atoms with Crippen LogP contribution in [0.1, 0.15) is 24.4 Å². The monoisotopic (exact) mass is 346 g/mol. The van der Waals surface area contributed by atoms with Gasteiger partial charge in [0, 0.05) is 6.04 Å². The number of likely N-dealkylation sites (tertiary alicyclic amines) is 1. The van der Waals surface area contributed by atoms with E-state index in [9.17, 15) is 13.6 Å². The first-order chi connectivity index (χ1) is 12.1. The van der Waals surface area contributed by atoms with Crippen LogP contribution in [0.5, 0.6) is 5.75 Å². The van der Waals surface area contributed by atoms with Crippen molar-refractivity contribution in [3.63, 3.8) is 0 Å². The van der Waals surface area contributed by atoms with Crippen LogP contribution in [0, 0.1) is 11.6 Å². The largest absolute Gasteiger partial charge is 0.497 e. The minimum absolute atomic E-state index is 0.0790. The third-order valence-corrected chi connectivity index (χ3v) is 4.42. The van der Waals surface area contributed by atoms with Crippen molar-refractivity contribution in [3.8, 4) is 5.75 Å². The van der Waals surface area contributed by atoms with Crippen LogP contribution in [0.25, 0.3) is 0 Å². The number of hydrogen-bond acceptors (Lipinski definition) is 3. The molecule has 1 amide bonds. The van der Waals surface area contributed by atoms with Crippen LogP contribution in [0.4, 0.5) is 14.5 Å². The van der Waals surface area contributed by atoms with Crippen molar-refractivity contribution >= 4 is 11.6 Å². The molecule has 1 atom stereocenters. The third-order valence-electron chi connectivity index (χ3n) is 4.42. The highest BCUT2D eigenvalue weighted by Crippen LogP contribution is 2.33. The van der Waals surface area contributed by atoms with Gasteiger partial charge in [-0.1, -0.05) is 18.2 Å². The van der Waals surface area contributed by atoms with Crippen molar-refractivity contribution < 1.29 is 18.3 Å². The number of halogens is 2. The van der Waals surface area contributed by atoms with E-state index in [-0.39, 0.29) is 12.6 Å². The van der Waals surface area contributed by atoms with Crippen molar-refractivity contribution in [1.29, 1.82) is 0 Å². The van der Waals surface area contributed by atoms with Gasteiger partial charge in [0.15, 0.2) is 0 Å². The Balaban J connectivity index is 1.70. The van der Waals surface area contributed by atoms with E-state index in [0.717, 1.165) is 42.8 Å². The summed E-state index contributed by atoms with van der Waals surface area (Å²) in [5.41, 5.74) is 0.673. The fraction of sp³-hybridized carbons (Fsp3) is 0.316. The molecule has 0 bridgehead atoms. The summed E-state index contributed by atoms with van der Waals surface area (Å²) in [7, 11) is 1.61. The molecule has 0 saturated carbocycles. The minimum atomic E-state index is -0.779. The van der Waals surface area contributed by atoms with E-state index in [1.807, 2.05) is 29.2 Å². The van der Waals surface area contributed by atoms with E-state index in [4.69, 9.17) is 4.74 Å². The molecule has 4 nitrogen and oxygen atoms in total. The summed E-state index contributed by atoms with van der Waals surface area (Å²) in [6, 6.07) is 11.3. The van der Waals surface area contributed by atoms with E-state index in [2.05, 4.69) is 5.32 Å². The molecule has 2 aromatic carbocycles. The van der Waals surface area contributed by atoms with Gasteiger partial charge in [-0.25, -0.2) is 8.78 Å². The number of nitrogens with zero attached hydrogens (tertiary/aromatic N) is 1. The van der Waals surface area contributed by atoms with Gasteiger partial charge < -0.3 is 10.1 Å². The zero-order chi connectivity index (χ0) is 17.8. The van der Waals surface area contributed by atoms with Gasteiger partial charge in [-0.3, -0.25) is 9.69 Å². The fourth-order valence-corrected chi connectivity index (χ4v) is 3.22. The van der Waals surface area contributed by atoms with Crippen LogP contribution in [-0.4, -0.2) is 31.0 Å². The van der Waals surface area contributed by atoms with Gasteiger partial charge in [-0.15, -0.1) is 0 Å². The smallest absolute Gasteiger partial charge is 0.238 e. The number of para-hydroxylation sites is 1. The van der Waals surface area contributed by atoms with Gasteiger partial charge in [0.05, 0.1) is 13.7 Å². The number of rotatable bonds is 5. The van der Waals surface area contributed by atoms with E-state index < -0.39 is 23.2 Å². The fourth-order valence-electron chi connectivity index (χ4n) is 3.22. The maximum Gasteiger partial charge on any atom is 0.238 e. The van der Waals surface area contributed by atoms with E-state index in [0.29, 0.717) is 0 Å². The lowest BCUT2D eigenvalue weighted by Gasteiger charge is -2.24. The Morgan fingerprint density at radius 1 is 1.24 bits per heavy atom. The van der Waals surface area contributed by atoms with Crippen LogP contribution in [-0.2, 0) is 4.79 Å². The number of ether oxygens (including phenoxy) is 1. The summed E-state index contributed by atoms with van der Waals surface area (Å²) in [5, 5.41) is 2.34. The number of carbonyl (C=O) groups excluding carboxylic acids is 1. The van der Waals surface area contributed by atoms with Crippen LogP contribution >= 0.6 is 0 Å². The summed E-state index contributed by atoms with van der Waals surface area (Å²) in [6.07, 6.45) is 1.89. The van der Waals surface area contributed by atoms with E-state index in [1.54, 1.807) is 7.11 Å². The molecule has 0 spiro atoms. The Morgan fingerprint density at radius 3 is 2.68 bits per heavy atom. The lowest BCUT2D eigenvalue weighted by atomic mass is 10.0.